The van der Waals surface area contributed by atoms with Crippen LogP contribution in [0.15, 0.2) is 47.4 Å². The van der Waals surface area contributed by atoms with Crippen LogP contribution >= 0.6 is 23.5 Å². The number of allylic oxidation sites excluding steroid dienone is 1. The quantitative estimate of drug-likeness (QED) is 0.351. The van der Waals surface area contributed by atoms with Gasteiger partial charge in [-0.3, -0.25) is 0 Å². The molecule has 2 atom stereocenters. The Morgan fingerprint density at radius 2 is 1.91 bits per heavy atom. The van der Waals surface area contributed by atoms with E-state index < -0.39 is 5.97 Å². The van der Waals surface area contributed by atoms with Crippen LogP contribution in [0.4, 0.5) is 0 Å². The van der Waals surface area contributed by atoms with Gasteiger partial charge in [0, 0.05) is 11.0 Å². The lowest BCUT2D eigenvalue weighted by atomic mass is 9.89. The molecule has 2 unspecified atom stereocenters. The molecule has 2 nitrogen and oxygen atoms in total. The summed E-state index contributed by atoms with van der Waals surface area (Å²) in [6, 6.07) is 10.7. The summed E-state index contributed by atoms with van der Waals surface area (Å²) in [5.74, 6) is 4.73. The van der Waals surface area contributed by atoms with Gasteiger partial charge in [-0.2, -0.15) is 11.8 Å². The van der Waals surface area contributed by atoms with Crippen molar-refractivity contribution in [3.63, 3.8) is 0 Å². The molecular weight excluding hydrogens is 324 g/mol. The standard InChI is InChI=1S/C19H26O2S2/c20-19(21)11-7-2-1-4-8-16-14-22-15-17(16)12-13-23-18-9-5-3-6-10-18/h3,5-7,9-11,16-17H,1-2,4,8,12-15H2,(H,20,21)/b11-7+. The minimum Gasteiger partial charge on any atom is -0.478 e. The smallest absolute Gasteiger partial charge is 0.327 e. The number of aliphatic carboxylic acids is 1. The molecule has 0 amide bonds. The van der Waals surface area contributed by atoms with E-state index in [1.54, 1.807) is 6.08 Å². The summed E-state index contributed by atoms with van der Waals surface area (Å²) in [6.07, 6.45) is 8.87. The number of carboxylic acids is 1. The Labute approximate surface area is 148 Å². The van der Waals surface area contributed by atoms with Gasteiger partial charge in [0.2, 0.25) is 0 Å². The summed E-state index contributed by atoms with van der Waals surface area (Å²) in [5, 5.41) is 8.55. The normalized spacial score (nSPS) is 21.0. The minimum absolute atomic E-state index is 0.840. The highest BCUT2D eigenvalue weighted by Crippen LogP contribution is 2.36. The predicted molar refractivity (Wildman–Crippen MR) is 101 cm³/mol. The highest BCUT2D eigenvalue weighted by atomic mass is 32.2. The maximum Gasteiger partial charge on any atom is 0.327 e. The van der Waals surface area contributed by atoms with E-state index in [9.17, 15) is 4.79 Å². The van der Waals surface area contributed by atoms with Crippen LogP contribution in [0.25, 0.3) is 0 Å². The molecule has 2 rings (SSSR count). The molecule has 4 heteroatoms. The topological polar surface area (TPSA) is 37.3 Å². The average Bonchev–Trinajstić information content (AvgIpc) is 2.99. The zero-order chi connectivity index (χ0) is 16.3. The number of unbranched alkanes of at least 4 members (excludes halogenated alkanes) is 2. The van der Waals surface area contributed by atoms with E-state index in [-0.39, 0.29) is 0 Å². The summed E-state index contributed by atoms with van der Waals surface area (Å²) >= 11 is 4.08. The molecule has 23 heavy (non-hydrogen) atoms. The van der Waals surface area contributed by atoms with Crippen molar-refractivity contribution in [2.45, 2.75) is 37.0 Å². The van der Waals surface area contributed by atoms with Gasteiger partial charge in [0.15, 0.2) is 0 Å². The van der Waals surface area contributed by atoms with E-state index in [2.05, 4.69) is 42.1 Å². The fraction of sp³-hybridized carbons (Fsp3) is 0.526. The Kier molecular flexibility index (Phi) is 8.69. The van der Waals surface area contributed by atoms with Crippen LogP contribution < -0.4 is 0 Å². The van der Waals surface area contributed by atoms with Gasteiger partial charge in [0.25, 0.3) is 0 Å². The van der Waals surface area contributed by atoms with Gasteiger partial charge < -0.3 is 5.11 Å². The Hall–Kier alpha value is -0.870. The third kappa shape index (κ3) is 7.49. The number of carboxylic acid groups (broad SMARTS) is 1. The number of carbonyl (C=O) groups is 1. The van der Waals surface area contributed by atoms with Crippen LogP contribution in [-0.4, -0.2) is 28.3 Å². The number of hydrogen-bond donors (Lipinski definition) is 1. The lowest BCUT2D eigenvalue weighted by Gasteiger charge is -2.18. The molecule has 1 fully saturated rings. The van der Waals surface area contributed by atoms with Crippen LogP contribution in [0.3, 0.4) is 0 Å². The van der Waals surface area contributed by atoms with E-state index >= 15 is 0 Å². The first-order valence-electron chi connectivity index (χ1n) is 8.41. The van der Waals surface area contributed by atoms with Crippen LogP contribution in [0.5, 0.6) is 0 Å². The van der Waals surface area contributed by atoms with E-state index in [0.29, 0.717) is 0 Å². The summed E-state index contributed by atoms with van der Waals surface area (Å²) in [4.78, 5) is 11.8. The molecule has 1 aromatic carbocycles. The van der Waals surface area contributed by atoms with Gasteiger partial charge >= 0.3 is 5.97 Å². The fourth-order valence-corrected chi connectivity index (χ4v) is 5.60. The van der Waals surface area contributed by atoms with Crippen molar-refractivity contribution < 1.29 is 9.90 Å². The lowest BCUT2D eigenvalue weighted by Crippen LogP contribution is -2.13. The van der Waals surface area contributed by atoms with Crippen molar-refractivity contribution in [1.29, 1.82) is 0 Å². The van der Waals surface area contributed by atoms with Crippen molar-refractivity contribution in [3.8, 4) is 0 Å². The van der Waals surface area contributed by atoms with Gasteiger partial charge in [-0.25, -0.2) is 4.79 Å². The summed E-state index contributed by atoms with van der Waals surface area (Å²) in [5.41, 5.74) is 0. The van der Waals surface area contributed by atoms with E-state index in [1.807, 2.05) is 11.8 Å². The minimum atomic E-state index is -0.840. The molecule has 1 saturated heterocycles. The fourth-order valence-electron chi connectivity index (χ4n) is 2.98. The zero-order valence-corrected chi connectivity index (χ0v) is 15.2. The molecule has 0 bridgehead atoms. The van der Waals surface area contributed by atoms with Gasteiger partial charge in [-0.15, -0.1) is 11.8 Å². The second-order valence-corrected chi connectivity index (χ2v) is 8.28. The van der Waals surface area contributed by atoms with Gasteiger partial charge in [0.1, 0.15) is 0 Å². The maximum atomic E-state index is 10.4. The first-order chi connectivity index (χ1) is 11.3. The van der Waals surface area contributed by atoms with E-state index in [4.69, 9.17) is 5.11 Å². The highest BCUT2D eigenvalue weighted by Gasteiger charge is 2.26. The molecule has 1 aliphatic heterocycles. The Balaban J connectivity index is 1.60. The lowest BCUT2D eigenvalue weighted by molar-refractivity contribution is -0.131. The first kappa shape index (κ1) is 18.5. The average molecular weight is 351 g/mol. The summed E-state index contributed by atoms with van der Waals surface area (Å²) < 4.78 is 0. The number of hydrogen-bond acceptors (Lipinski definition) is 3. The van der Waals surface area contributed by atoms with Crippen LogP contribution in [0.2, 0.25) is 0 Å². The molecule has 1 aliphatic rings. The molecule has 0 radical (unpaired) electrons. The van der Waals surface area contributed by atoms with Crippen molar-refractivity contribution in [1.82, 2.24) is 0 Å². The molecular formula is C19H26O2S2. The largest absolute Gasteiger partial charge is 0.478 e. The molecule has 0 spiro atoms. The molecule has 0 saturated carbocycles. The third-order valence-corrected chi connectivity index (χ3v) is 6.66. The molecule has 0 aliphatic carbocycles. The van der Waals surface area contributed by atoms with Gasteiger partial charge in [-0.1, -0.05) is 30.7 Å². The van der Waals surface area contributed by atoms with Gasteiger partial charge in [-0.05, 0) is 66.9 Å². The zero-order valence-electron chi connectivity index (χ0n) is 13.5. The predicted octanol–water partition coefficient (Wildman–Crippen LogP) is 5.35. The number of thioether (sulfide) groups is 2. The Morgan fingerprint density at radius 3 is 2.65 bits per heavy atom. The summed E-state index contributed by atoms with van der Waals surface area (Å²) in [7, 11) is 0. The van der Waals surface area contributed by atoms with Crippen molar-refractivity contribution in [2.75, 3.05) is 17.3 Å². The molecule has 1 aromatic rings. The summed E-state index contributed by atoms with van der Waals surface area (Å²) in [6.45, 7) is 0. The number of benzene rings is 1. The Morgan fingerprint density at radius 1 is 1.17 bits per heavy atom. The van der Waals surface area contributed by atoms with Crippen LogP contribution in [0, 0.1) is 11.8 Å². The second-order valence-electron chi connectivity index (χ2n) is 6.03. The van der Waals surface area contributed by atoms with Crippen molar-refractivity contribution in [3.05, 3.63) is 42.5 Å². The SMILES string of the molecule is O=C(O)/C=C/CCCCC1CSCC1CCSc1ccccc1. The van der Waals surface area contributed by atoms with Crippen molar-refractivity contribution >= 4 is 29.5 Å². The monoisotopic (exact) mass is 350 g/mol. The van der Waals surface area contributed by atoms with E-state index in [1.165, 1.54) is 47.5 Å². The maximum absolute atomic E-state index is 10.4. The van der Waals surface area contributed by atoms with Gasteiger partial charge in [0.05, 0.1) is 0 Å². The molecule has 1 N–H and O–H groups in total. The molecule has 0 aromatic heterocycles. The highest BCUT2D eigenvalue weighted by molar-refractivity contribution is 7.99. The molecule has 1 heterocycles. The van der Waals surface area contributed by atoms with E-state index in [0.717, 1.165) is 24.7 Å². The number of rotatable bonds is 10. The third-order valence-electron chi connectivity index (χ3n) is 4.29. The van der Waals surface area contributed by atoms with Crippen LogP contribution in [-0.2, 0) is 4.79 Å². The molecule has 126 valence electrons. The first-order valence-corrected chi connectivity index (χ1v) is 10.5. The second kappa shape index (κ2) is 10.8. The van der Waals surface area contributed by atoms with Crippen molar-refractivity contribution in [2.24, 2.45) is 11.8 Å². The Bertz CT molecular complexity index is 487. The van der Waals surface area contributed by atoms with Crippen LogP contribution in [0.1, 0.15) is 32.1 Å².